The fraction of sp³-hybridized carbons (Fsp3) is 0.300. The standard InChI is InChI=1S/C30H32N2O3/c1-20-6-9-23(10-7-20)19-35-26-13-11-22(17-27(26)34-5)14-15-30-29(3,4)24-16-21(2)8-12-25(24)32(30)18-28(33)31-30/h6-17H,18-19H2,1-5H3,(H,31,33). The molecular weight excluding hydrogens is 436 g/mol. The van der Waals surface area contributed by atoms with Crippen LogP contribution in [0, 0.1) is 13.8 Å². The Balaban J connectivity index is 1.42. The number of nitrogens with one attached hydrogen (secondary N) is 1. The molecule has 0 aromatic heterocycles. The Hall–Kier alpha value is -3.73. The molecule has 1 fully saturated rings. The molecule has 2 heterocycles. The van der Waals surface area contributed by atoms with Gasteiger partial charge in [-0.3, -0.25) is 4.79 Å². The third-order valence-electron chi connectivity index (χ3n) is 7.35. The highest BCUT2D eigenvalue weighted by molar-refractivity contribution is 5.91. The lowest BCUT2D eigenvalue weighted by molar-refractivity contribution is -0.118. The molecule has 35 heavy (non-hydrogen) atoms. The third kappa shape index (κ3) is 3.85. The number of fused-ring (bicyclic) bond motifs is 3. The van der Waals surface area contributed by atoms with Gasteiger partial charge in [0.15, 0.2) is 11.5 Å². The van der Waals surface area contributed by atoms with Crippen LogP contribution in [0.4, 0.5) is 5.69 Å². The Kier molecular flexibility index (Phi) is 5.59. The van der Waals surface area contributed by atoms with Crippen LogP contribution in [-0.4, -0.2) is 25.2 Å². The van der Waals surface area contributed by atoms with Gasteiger partial charge in [0.1, 0.15) is 12.3 Å². The van der Waals surface area contributed by atoms with Gasteiger partial charge in [0.05, 0.1) is 13.7 Å². The summed E-state index contributed by atoms with van der Waals surface area (Å²) in [4.78, 5) is 14.8. The highest BCUT2D eigenvalue weighted by Gasteiger charge is 2.59. The zero-order chi connectivity index (χ0) is 24.8. The van der Waals surface area contributed by atoms with Crippen molar-refractivity contribution >= 4 is 17.7 Å². The smallest absolute Gasteiger partial charge is 0.241 e. The summed E-state index contributed by atoms with van der Waals surface area (Å²) in [6.07, 6.45) is 4.18. The van der Waals surface area contributed by atoms with Crippen molar-refractivity contribution < 1.29 is 14.3 Å². The molecule has 0 aliphatic carbocycles. The number of methoxy groups -OCH3 is 1. The number of carbonyl (C=O) groups excluding carboxylic acids is 1. The molecule has 1 amide bonds. The van der Waals surface area contributed by atoms with Crippen LogP contribution in [0.2, 0.25) is 0 Å². The fourth-order valence-electron chi connectivity index (χ4n) is 5.26. The number of ether oxygens (including phenoxy) is 2. The Bertz CT molecular complexity index is 1310. The largest absolute Gasteiger partial charge is 0.493 e. The Morgan fingerprint density at radius 3 is 2.46 bits per heavy atom. The van der Waals surface area contributed by atoms with Crippen molar-refractivity contribution in [2.45, 2.75) is 45.4 Å². The molecule has 0 spiro atoms. The van der Waals surface area contributed by atoms with Crippen molar-refractivity contribution in [3.63, 3.8) is 0 Å². The highest BCUT2D eigenvalue weighted by Crippen LogP contribution is 2.53. The summed E-state index contributed by atoms with van der Waals surface area (Å²) in [7, 11) is 1.65. The molecule has 5 rings (SSSR count). The summed E-state index contributed by atoms with van der Waals surface area (Å²) in [5.74, 6) is 1.41. The van der Waals surface area contributed by atoms with Crippen molar-refractivity contribution in [2.75, 3.05) is 18.6 Å². The number of anilines is 1. The van der Waals surface area contributed by atoms with Gasteiger partial charge in [-0.2, -0.15) is 0 Å². The number of amides is 1. The number of nitrogens with zero attached hydrogens (tertiary/aromatic N) is 1. The molecule has 0 saturated carbocycles. The predicted octanol–water partition coefficient (Wildman–Crippen LogP) is 5.53. The molecule has 0 radical (unpaired) electrons. The summed E-state index contributed by atoms with van der Waals surface area (Å²) in [6, 6.07) is 20.7. The second kappa shape index (κ2) is 8.49. The first-order valence-electron chi connectivity index (χ1n) is 12.0. The minimum atomic E-state index is -0.631. The topological polar surface area (TPSA) is 50.8 Å². The van der Waals surface area contributed by atoms with Crippen LogP contribution >= 0.6 is 0 Å². The average molecular weight is 469 g/mol. The lowest BCUT2D eigenvalue weighted by Gasteiger charge is -2.40. The van der Waals surface area contributed by atoms with Crippen molar-refractivity contribution in [1.82, 2.24) is 5.32 Å². The van der Waals surface area contributed by atoms with Gasteiger partial charge >= 0.3 is 0 Å². The van der Waals surface area contributed by atoms with Crippen molar-refractivity contribution in [3.05, 3.63) is 94.6 Å². The van der Waals surface area contributed by atoms with Crippen molar-refractivity contribution in [3.8, 4) is 11.5 Å². The van der Waals surface area contributed by atoms with Gasteiger partial charge in [0, 0.05) is 11.1 Å². The minimum absolute atomic E-state index is 0.0337. The molecule has 3 aromatic rings. The second-order valence-electron chi connectivity index (χ2n) is 10.1. The average Bonchev–Trinajstić information content (AvgIpc) is 3.27. The molecule has 3 aromatic carbocycles. The number of benzene rings is 3. The molecule has 1 unspecified atom stereocenters. The highest BCUT2D eigenvalue weighted by atomic mass is 16.5. The maximum Gasteiger partial charge on any atom is 0.241 e. The summed E-state index contributed by atoms with van der Waals surface area (Å²) in [6.45, 7) is 9.39. The van der Waals surface area contributed by atoms with Crippen LogP contribution in [0.1, 0.15) is 41.7 Å². The molecule has 180 valence electrons. The van der Waals surface area contributed by atoms with Gasteiger partial charge in [-0.15, -0.1) is 0 Å². The number of hydrogen-bond donors (Lipinski definition) is 1. The van der Waals surface area contributed by atoms with Gasteiger partial charge in [0.2, 0.25) is 5.91 Å². The van der Waals surface area contributed by atoms with Crippen molar-refractivity contribution in [1.29, 1.82) is 0 Å². The van der Waals surface area contributed by atoms with E-state index in [0.717, 1.165) is 16.8 Å². The first kappa shape index (κ1) is 23.0. The monoisotopic (exact) mass is 468 g/mol. The van der Waals surface area contributed by atoms with Crippen LogP contribution < -0.4 is 19.7 Å². The molecule has 0 bridgehead atoms. The Labute approximate surface area is 207 Å². The summed E-state index contributed by atoms with van der Waals surface area (Å²) >= 11 is 0. The van der Waals surface area contributed by atoms with Crippen LogP contribution in [-0.2, 0) is 16.8 Å². The number of aryl methyl sites for hydroxylation is 2. The van der Waals surface area contributed by atoms with E-state index in [9.17, 15) is 4.79 Å². The fourth-order valence-corrected chi connectivity index (χ4v) is 5.26. The molecule has 5 nitrogen and oxygen atoms in total. The SMILES string of the molecule is COc1cc(C=CC23NC(=O)CN2c2ccc(C)cc2C3(C)C)ccc1OCc1ccc(C)cc1. The van der Waals surface area contributed by atoms with Gasteiger partial charge in [0.25, 0.3) is 0 Å². The van der Waals surface area contributed by atoms with Gasteiger partial charge in [-0.1, -0.05) is 73.5 Å². The van der Waals surface area contributed by atoms with E-state index in [1.54, 1.807) is 7.11 Å². The molecule has 2 aliphatic heterocycles. The molecule has 1 atom stereocenters. The molecular formula is C30H32N2O3. The molecule has 1 N–H and O–H groups in total. The molecule has 1 saturated heterocycles. The number of carbonyl (C=O) groups is 1. The van der Waals surface area contributed by atoms with E-state index < -0.39 is 5.66 Å². The lowest BCUT2D eigenvalue weighted by atomic mass is 9.75. The van der Waals surface area contributed by atoms with E-state index in [1.807, 2.05) is 18.2 Å². The van der Waals surface area contributed by atoms with E-state index in [-0.39, 0.29) is 11.3 Å². The molecule has 5 heteroatoms. The van der Waals surface area contributed by atoms with Gasteiger partial charge < -0.3 is 19.7 Å². The predicted molar refractivity (Wildman–Crippen MR) is 140 cm³/mol. The summed E-state index contributed by atoms with van der Waals surface area (Å²) in [5.41, 5.74) is 5.95. The van der Waals surface area contributed by atoms with Crippen LogP contribution in [0.25, 0.3) is 6.08 Å². The van der Waals surface area contributed by atoms with E-state index in [2.05, 4.69) is 92.5 Å². The zero-order valence-electron chi connectivity index (χ0n) is 21.0. The van der Waals surface area contributed by atoms with E-state index in [4.69, 9.17) is 9.47 Å². The zero-order valence-corrected chi connectivity index (χ0v) is 21.0. The second-order valence-corrected chi connectivity index (χ2v) is 10.1. The van der Waals surface area contributed by atoms with E-state index in [1.165, 1.54) is 16.7 Å². The number of hydrogen-bond acceptors (Lipinski definition) is 4. The Morgan fingerprint density at radius 1 is 0.971 bits per heavy atom. The van der Waals surface area contributed by atoms with Crippen LogP contribution in [0.15, 0.2) is 66.7 Å². The summed E-state index contributed by atoms with van der Waals surface area (Å²) in [5, 5.41) is 3.28. The van der Waals surface area contributed by atoms with Crippen molar-refractivity contribution in [2.24, 2.45) is 0 Å². The van der Waals surface area contributed by atoms with Crippen LogP contribution in [0.3, 0.4) is 0 Å². The first-order valence-corrected chi connectivity index (χ1v) is 12.0. The van der Waals surface area contributed by atoms with Crippen LogP contribution in [0.5, 0.6) is 11.5 Å². The number of rotatable bonds is 6. The summed E-state index contributed by atoms with van der Waals surface area (Å²) < 4.78 is 11.7. The lowest BCUT2D eigenvalue weighted by Crippen LogP contribution is -2.58. The maximum absolute atomic E-state index is 12.6. The maximum atomic E-state index is 12.6. The minimum Gasteiger partial charge on any atom is -0.493 e. The Morgan fingerprint density at radius 2 is 1.71 bits per heavy atom. The van der Waals surface area contributed by atoms with Gasteiger partial charge in [-0.05, 0) is 54.8 Å². The normalized spacial score (nSPS) is 20.0. The quantitative estimate of drug-likeness (QED) is 0.517. The third-order valence-corrected chi connectivity index (χ3v) is 7.35. The van der Waals surface area contributed by atoms with E-state index in [0.29, 0.717) is 24.7 Å². The van der Waals surface area contributed by atoms with E-state index >= 15 is 0 Å². The first-order chi connectivity index (χ1) is 16.7. The van der Waals surface area contributed by atoms with Gasteiger partial charge in [-0.25, -0.2) is 0 Å². The molecule has 2 aliphatic rings.